The number of rotatable bonds is 4. The molecule has 1 aromatic heterocycles. The summed E-state index contributed by atoms with van der Waals surface area (Å²) in [6.45, 7) is 2.86. The molecule has 3 nitrogen and oxygen atoms in total. The van der Waals surface area contributed by atoms with Gasteiger partial charge < -0.3 is 9.64 Å². The maximum absolute atomic E-state index is 11.6. The zero-order valence-corrected chi connectivity index (χ0v) is 10.8. The summed E-state index contributed by atoms with van der Waals surface area (Å²) in [5.74, 6) is -0.0615. The van der Waals surface area contributed by atoms with Crippen molar-refractivity contribution in [3.05, 3.63) is 17.0 Å². The van der Waals surface area contributed by atoms with Crippen LogP contribution in [0.2, 0.25) is 0 Å². The van der Waals surface area contributed by atoms with Crippen LogP contribution < -0.4 is 4.90 Å². The smallest absolute Gasteiger partial charge is 0.313 e. The summed E-state index contributed by atoms with van der Waals surface area (Å²) in [6.07, 6.45) is 1.91. The van der Waals surface area contributed by atoms with Crippen molar-refractivity contribution in [1.82, 2.24) is 0 Å². The molecule has 0 spiro atoms. The van der Waals surface area contributed by atoms with E-state index in [2.05, 4.69) is 23.3 Å². The number of carbonyl (C=O) groups excluding carboxylic acids is 1. The van der Waals surface area contributed by atoms with Crippen molar-refractivity contribution in [2.45, 2.75) is 19.8 Å². The van der Waals surface area contributed by atoms with Crippen molar-refractivity contribution >= 4 is 22.3 Å². The molecule has 0 saturated heterocycles. The van der Waals surface area contributed by atoms with E-state index in [0.717, 1.165) is 19.4 Å². The van der Waals surface area contributed by atoms with Crippen molar-refractivity contribution in [2.75, 3.05) is 25.6 Å². The number of anilines is 1. The van der Waals surface area contributed by atoms with Gasteiger partial charge in [0.2, 0.25) is 0 Å². The fourth-order valence-electron chi connectivity index (χ4n) is 2.08. The van der Waals surface area contributed by atoms with Gasteiger partial charge in [0.25, 0.3) is 0 Å². The Morgan fingerprint density at radius 3 is 2.75 bits per heavy atom. The summed E-state index contributed by atoms with van der Waals surface area (Å²) in [4.78, 5) is 13.8. The van der Waals surface area contributed by atoms with Crippen LogP contribution in [-0.4, -0.2) is 26.7 Å². The Kier molecular flexibility index (Phi) is 2.93. The first-order chi connectivity index (χ1) is 7.59. The van der Waals surface area contributed by atoms with E-state index in [4.69, 9.17) is 4.74 Å². The third-order valence-electron chi connectivity index (χ3n) is 3.19. The zero-order chi connectivity index (χ0) is 11.8. The molecule has 1 aliphatic rings. The van der Waals surface area contributed by atoms with Crippen LogP contribution in [0.3, 0.4) is 0 Å². The zero-order valence-electron chi connectivity index (χ0n) is 9.95. The standard InChI is InChI=1S/C12H17NO2S/c1-9-4-7-16-10(9)13(2)8-12(5-6-12)11(14)15-3/h4,7H,5-6,8H2,1-3H3. The molecule has 0 unspecified atom stereocenters. The van der Waals surface area contributed by atoms with Crippen LogP contribution in [0.25, 0.3) is 0 Å². The quantitative estimate of drug-likeness (QED) is 0.756. The summed E-state index contributed by atoms with van der Waals surface area (Å²) in [5, 5.41) is 3.33. The van der Waals surface area contributed by atoms with Crippen LogP contribution >= 0.6 is 11.3 Å². The topological polar surface area (TPSA) is 29.5 Å². The SMILES string of the molecule is COC(=O)C1(CN(C)c2sccc2C)CC1. The molecule has 88 valence electrons. The van der Waals surface area contributed by atoms with Gasteiger partial charge >= 0.3 is 5.97 Å². The highest BCUT2D eigenvalue weighted by Crippen LogP contribution is 2.48. The molecule has 1 fully saturated rings. The van der Waals surface area contributed by atoms with Crippen molar-refractivity contribution in [3.8, 4) is 0 Å². The van der Waals surface area contributed by atoms with E-state index in [1.54, 1.807) is 11.3 Å². The fourth-order valence-corrected chi connectivity index (χ4v) is 2.98. The molecule has 1 heterocycles. The van der Waals surface area contributed by atoms with E-state index >= 15 is 0 Å². The number of aryl methyl sites for hydroxylation is 1. The van der Waals surface area contributed by atoms with Crippen molar-refractivity contribution in [1.29, 1.82) is 0 Å². The molecule has 0 N–H and O–H groups in total. The van der Waals surface area contributed by atoms with Crippen LogP contribution in [0.1, 0.15) is 18.4 Å². The number of hydrogen-bond acceptors (Lipinski definition) is 4. The maximum Gasteiger partial charge on any atom is 0.313 e. The van der Waals surface area contributed by atoms with Crippen LogP contribution in [0.4, 0.5) is 5.00 Å². The van der Waals surface area contributed by atoms with Gasteiger partial charge in [-0.3, -0.25) is 4.79 Å². The summed E-state index contributed by atoms with van der Waals surface area (Å²) < 4.78 is 4.86. The molecule has 4 heteroatoms. The lowest BCUT2D eigenvalue weighted by Gasteiger charge is -2.23. The van der Waals surface area contributed by atoms with Gasteiger partial charge in [-0.1, -0.05) is 0 Å². The van der Waals surface area contributed by atoms with Gasteiger partial charge in [0, 0.05) is 13.6 Å². The van der Waals surface area contributed by atoms with Gasteiger partial charge in [-0.05, 0) is 36.8 Å². The Morgan fingerprint density at radius 2 is 2.31 bits per heavy atom. The molecule has 0 amide bonds. The molecule has 1 aromatic rings. The van der Waals surface area contributed by atoms with E-state index in [9.17, 15) is 4.79 Å². The highest BCUT2D eigenvalue weighted by molar-refractivity contribution is 7.14. The van der Waals surface area contributed by atoms with Crippen molar-refractivity contribution in [2.24, 2.45) is 5.41 Å². The second-order valence-electron chi connectivity index (χ2n) is 4.54. The Hall–Kier alpha value is -1.03. The molecule has 0 bridgehead atoms. The monoisotopic (exact) mass is 239 g/mol. The number of esters is 1. The summed E-state index contributed by atoms with van der Waals surface area (Å²) >= 11 is 1.72. The summed E-state index contributed by atoms with van der Waals surface area (Å²) in [7, 11) is 3.51. The van der Waals surface area contributed by atoms with Crippen molar-refractivity contribution in [3.63, 3.8) is 0 Å². The van der Waals surface area contributed by atoms with E-state index in [1.165, 1.54) is 17.7 Å². The molecular formula is C12H17NO2S. The molecular weight excluding hydrogens is 222 g/mol. The van der Waals surface area contributed by atoms with Crippen LogP contribution in [0.5, 0.6) is 0 Å². The first-order valence-corrected chi connectivity index (χ1v) is 6.31. The highest BCUT2D eigenvalue weighted by Gasteiger charge is 2.51. The van der Waals surface area contributed by atoms with Gasteiger partial charge in [0.1, 0.15) is 0 Å². The average molecular weight is 239 g/mol. The summed E-state index contributed by atoms with van der Waals surface area (Å²) in [6, 6.07) is 2.11. The average Bonchev–Trinajstić information content (AvgIpc) is 2.91. The Balaban J connectivity index is 2.06. The van der Waals surface area contributed by atoms with Crippen LogP contribution in [-0.2, 0) is 9.53 Å². The van der Waals surface area contributed by atoms with Gasteiger partial charge in [0.15, 0.2) is 0 Å². The highest BCUT2D eigenvalue weighted by atomic mass is 32.1. The Labute approximate surface area is 100 Å². The fraction of sp³-hybridized carbons (Fsp3) is 0.583. The molecule has 1 aliphatic carbocycles. The minimum Gasteiger partial charge on any atom is -0.469 e. The minimum absolute atomic E-state index is 0.0615. The molecule has 16 heavy (non-hydrogen) atoms. The number of thiophene rings is 1. The summed E-state index contributed by atoms with van der Waals surface area (Å²) in [5.41, 5.74) is 1.04. The normalized spacial score (nSPS) is 16.9. The molecule has 0 atom stereocenters. The number of carbonyl (C=O) groups is 1. The van der Waals surface area contributed by atoms with Gasteiger partial charge in [-0.2, -0.15) is 0 Å². The van der Waals surface area contributed by atoms with Crippen LogP contribution in [0, 0.1) is 12.3 Å². The number of ether oxygens (including phenoxy) is 1. The van der Waals surface area contributed by atoms with Gasteiger partial charge in [-0.15, -0.1) is 11.3 Å². The third-order valence-corrected chi connectivity index (χ3v) is 4.32. The van der Waals surface area contributed by atoms with E-state index in [-0.39, 0.29) is 11.4 Å². The Morgan fingerprint density at radius 1 is 1.62 bits per heavy atom. The van der Waals surface area contributed by atoms with Crippen molar-refractivity contribution < 1.29 is 9.53 Å². The predicted octanol–water partition coefficient (Wildman–Crippen LogP) is 2.45. The minimum atomic E-state index is -0.236. The first kappa shape index (κ1) is 11.5. The van der Waals surface area contributed by atoms with Gasteiger partial charge in [0.05, 0.1) is 17.5 Å². The lowest BCUT2D eigenvalue weighted by atomic mass is 10.1. The lowest BCUT2D eigenvalue weighted by molar-refractivity contribution is -0.146. The predicted molar refractivity (Wildman–Crippen MR) is 66.0 cm³/mol. The first-order valence-electron chi connectivity index (χ1n) is 5.43. The lowest BCUT2D eigenvalue weighted by Crippen LogP contribution is -2.32. The molecule has 0 aliphatic heterocycles. The van der Waals surface area contributed by atoms with E-state index < -0.39 is 0 Å². The van der Waals surface area contributed by atoms with E-state index in [1.807, 2.05) is 7.05 Å². The van der Waals surface area contributed by atoms with E-state index in [0.29, 0.717) is 0 Å². The molecule has 2 rings (SSSR count). The third kappa shape index (κ3) is 1.94. The maximum atomic E-state index is 11.6. The molecule has 1 saturated carbocycles. The number of methoxy groups -OCH3 is 1. The second kappa shape index (κ2) is 4.09. The molecule has 0 aromatic carbocycles. The number of nitrogens with zero attached hydrogens (tertiary/aromatic N) is 1. The Bertz CT molecular complexity index is 395. The van der Waals surface area contributed by atoms with Crippen LogP contribution in [0.15, 0.2) is 11.4 Å². The number of hydrogen-bond donors (Lipinski definition) is 0. The second-order valence-corrected chi connectivity index (χ2v) is 5.43. The van der Waals surface area contributed by atoms with Gasteiger partial charge in [-0.25, -0.2) is 0 Å². The largest absolute Gasteiger partial charge is 0.469 e. The molecule has 0 radical (unpaired) electrons.